The van der Waals surface area contributed by atoms with E-state index in [0.29, 0.717) is 31.0 Å². The predicted molar refractivity (Wildman–Crippen MR) is 133 cm³/mol. The second kappa shape index (κ2) is 9.77. The van der Waals surface area contributed by atoms with Crippen molar-refractivity contribution in [3.05, 3.63) is 99.6 Å². The molecule has 0 spiro atoms. The van der Waals surface area contributed by atoms with Crippen molar-refractivity contribution in [1.82, 2.24) is 14.9 Å². The number of amides is 1. The maximum absolute atomic E-state index is 12.9. The molecule has 0 radical (unpaired) electrons. The normalized spacial score (nSPS) is 16.6. The average molecular weight is 473 g/mol. The van der Waals surface area contributed by atoms with E-state index >= 15 is 0 Å². The van der Waals surface area contributed by atoms with Crippen molar-refractivity contribution in [1.29, 1.82) is 0 Å². The largest absolute Gasteiger partial charge is 0.399 e. The lowest BCUT2D eigenvalue weighted by molar-refractivity contribution is -0.130. The number of carbonyl (C=O) groups is 1. The number of benzene rings is 1. The molecule has 3 aromatic rings. The van der Waals surface area contributed by atoms with Gasteiger partial charge in [-0.15, -0.1) is 0 Å². The summed E-state index contributed by atoms with van der Waals surface area (Å²) in [5.41, 5.74) is 8.34. The van der Waals surface area contributed by atoms with Crippen LogP contribution in [-0.2, 0) is 22.5 Å². The molecule has 172 valence electrons. The van der Waals surface area contributed by atoms with Gasteiger partial charge in [0.15, 0.2) is 0 Å². The first kappa shape index (κ1) is 22.3. The molecule has 0 saturated carbocycles. The van der Waals surface area contributed by atoms with E-state index in [1.807, 2.05) is 41.4 Å². The molecule has 7 heteroatoms. The van der Waals surface area contributed by atoms with Crippen LogP contribution in [0.25, 0.3) is 5.57 Å². The summed E-state index contributed by atoms with van der Waals surface area (Å²) in [5, 5.41) is 4.98. The monoisotopic (exact) mass is 472 g/mol. The fourth-order valence-electron chi connectivity index (χ4n) is 4.80. The molecule has 6 nitrogen and oxygen atoms in total. The van der Waals surface area contributed by atoms with Crippen LogP contribution in [0.15, 0.2) is 71.8 Å². The van der Waals surface area contributed by atoms with Crippen LogP contribution in [0, 0.1) is 0 Å². The molecule has 1 aliphatic carbocycles. The molecule has 2 aliphatic rings. The number of carbonyl (C=O) groups excluding carboxylic acids is 1. The average Bonchev–Trinajstić information content (AvgIpc) is 2.99. The van der Waals surface area contributed by atoms with Gasteiger partial charge in [-0.05, 0) is 59.9 Å². The minimum atomic E-state index is 0.149. The first-order valence-corrected chi connectivity index (χ1v) is 11.7. The van der Waals surface area contributed by atoms with Crippen LogP contribution >= 0.6 is 11.6 Å². The molecule has 3 heterocycles. The summed E-state index contributed by atoms with van der Waals surface area (Å²) in [7, 11) is 1.56. The van der Waals surface area contributed by atoms with Crippen LogP contribution in [0.2, 0.25) is 5.02 Å². The van der Waals surface area contributed by atoms with E-state index in [0.717, 1.165) is 52.1 Å². The summed E-state index contributed by atoms with van der Waals surface area (Å²) in [6, 6.07) is 13.7. The molecule has 2 aromatic heterocycles. The van der Waals surface area contributed by atoms with Gasteiger partial charge in [-0.3, -0.25) is 14.8 Å². The van der Waals surface area contributed by atoms with E-state index < -0.39 is 0 Å². The van der Waals surface area contributed by atoms with Gasteiger partial charge >= 0.3 is 0 Å². The molecular formula is C27H25ClN4O2. The van der Waals surface area contributed by atoms with Gasteiger partial charge in [0.05, 0.1) is 17.8 Å². The second-order valence-corrected chi connectivity index (χ2v) is 8.93. The SMILES string of the molecule is CON=C1Cc2cccnc2C(=C2CCN(C(=O)Cc3ccncc3)CC2)c2ccc(Cl)cc21. The lowest BCUT2D eigenvalue weighted by Gasteiger charge is -2.30. The topological polar surface area (TPSA) is 67.7 Å². The van der Waals surface area contributed by atoms with E-state index in [1.54, 1.807) is 19.5 Å². The van der Waals surface area contributed by atoms with Gasteiger partial charge in [0.1, 0.15) is 7.11 Å². The summed E-state index contributed by atoms with van der Waals surface area (Å²) in [6.07, 6.45) is 7.89. The van der Waals surface area contributed by atoms with Crippen LogP contribution in [0.3, 0.4) is 0 Å². The minimum Gasteiger partial charge on any atom is -0.399 e. The van der Waals surface area contributed by atoms with Crippen LogP contribution in [0.1, 0.15) is 40.8 Å². The van der Waals surface area contributed by atoms with Gasteiger partial charge in [-0.1, -0.05) is 34.5 Å². The number of aromatic nitrogens is 2. The molecular weight excluding hydrogens is 448 g/mol. The van der Waals surface area contributed by atoms with Crippen molar-refractivity contribution >= 4 is 28.8 Å². The molecule has 5 rings (SSSR count). The Balaban J connectivity index is 1.51. The van der Waals surface area contributed by atoms with Crippen molar-refractivity contribution in [2.24, 2.45) is 5.16 Å². The molecule has 1 saturated heterocycles. The molecule has 0 unspecified atom stereocenters. The highest BCUT2D eigenvalue weighted by molar-refractivity contribution is 6.31. The second-order valence-electron chi connectivity index (χ2n) is 8.49. The van der Waals surface area contributed by atoms with E-state index in [1.165, 1.54) is 5.57 Å². The third-order valence-corrected chi connectivity index (χ3v) is 6.66. The lowest BCUT2D eigenvalue weighted by Crippen LogP contribution is -2.37. The molecule has 1 fully saturated rings. The van der Waals surface area contributed by atoms with Gasteiger partial charge in [-0.2, -0.15) is 0 Å². The van der Waals surface area contributed by atoms with E-state index in [-0.39, 0.29) is 5.91 Å². The summed E-state index contributed by atoms with van der Waals surface area (Å²) in [4.78, 5) is 28.8. The van der Waals surface area contributed by atoms with Crippen molar-refractivity contribution < 1.29 is 9.63 Å². The number of hydrogen-bond donors (Lipinski definition) is 0. The number of pyridine rings is 2. The predicted octanol–water partition coefficient (Wildman–Crippen LogP) is 4.70. The van der Waals surface area contributed by atoms with Gasteiger partial charge in [-0.25, -0.2) is 0 Å². The standard InChI is InChI=1S/C27H25ClN4O2/c1-34-31-24-16-20-3-2-10-30-27(20)26(22-5-4-21(28)17-23(22)24)19-8-13-32(14-9-19)25(33)15-18-6-11-29-12-7-18/h2-7,10-12,17H,8-9,13-16H2,1H3. The number of fused-ring (bicyclic) bond motifs is 2. The number of hydrogen-bond acceptors (Lipinski definition) is 5. The molecule has 1 aliphatic heterocycles. The number of likely N-dealkylation sites (tertiary alicyclic amines) is 1. The summed E-state index contributed by atoms with van der Waals surface area (Å²) < 4.78 is 0. The smallest absolute Gasteiger partial charge is 0.227 e. The Morgan fingerprint density at radius 2 is 1.88 bits per heavy atom. The lowest BCUT2D eigenvalue weighted by atomic mass is 9.88. The molecule has 34 heavy (non-hydrogen) atoms. The number of rotatable bonds is 3. The van der Waals surface area contributed by atoms with Crippen LogP contribution in [-0.4, -0.2) is 46.7 Å². The van der Waals surface area contributed by atoms with Gasteiger partial charge < -0.3 is 9.74 Å². The minimum absolute atomic E-state index is 0.149. The third kappa shape index (κ3) is 4.46. The van der Waals surface area contributed by atoms with Crippen molar-refractivity contribution in [2.45, 2.75) is 25.7 Å². The van der Waals surface area contributed by atoms with Crippen LogP contribution in [0.4, 0.5) is 0 Å². The third-order valence-electron chi connectivity index (χ3n) is 6.43. The van der Waals surface area contributed by atoms with E-state index in [4.69, 9.17) is 21.4 Å². The first-order valence-electron chi connectivity index (χ1n) is 11.4. The Labute approximate surface area is 203 Å². The number of piperidine rings is 1. The van der Waals surface area contributed by atoms with E-state index in [9.17, 15) is 4.79 Å². The zero-order chi connectivity index (χ0) is 23.5. The highest BCUT2D eigenvalue weighted by Gasteiger charge is 2.28. The highest BCUT2D eigenvalue weighted by atomic mass is 35.5. The fourth-order valence-corrected chi connectivity index (χ4v) is 4.97. The molecule has 0 N–H and O–H groups in total. The Morgan fingerprint density at radius 3 is 2.65 bits per heavy atom. The number of halogens is 1. The Bertz CT molecular complexity index is 1280. The van der Waals surface area contributed by atoms with Crippen molar-refractivity contribution in [3.8, 4) is 0 Å². The maximum Gasteiger partial charge on any atom is 0.227 e. The zero-order valence-corrected chi connectivity index (χ0v) is 19.8. The first-order chi connectivity index (χ1) is 16.6. The van der Waals surface area contributed by atoms with Crippen molar-refractivity contribution in [3.63, 3.8) is 0 Å². The maximum atomic E-state index is 12.9. The van der Waals surface area contributed by atoms with Crippen LogP contribution < -0.4 is 0 Å². The number of oxime groups is 1. The Morgan fingerprint density at radius 1 is 1.09 bits per heavy atom. The molecule has 1 aromatic carbocycles. The van der Waals surface area contributed by atoms with Gasteiger partial charge in [0, 0.05) is 54.3 Å². The number of nitrogens with zero attached hydrogens (tertiary/aromatic N) is 4. The molecule has 0 bridgehead atoms. The Hall–Kier alpha value is -3.51. The van der Waals surface area contributed by atoms with Crippen molar-refractivity contribution in [2.75, 3.05) is 20.2 Å². The van der Waals surface area contributed by atoms with Gasteiger partial charge in [0.25, 0.3) is 0 Å². The highest BCUT2D eigenvalue weighted by Crippen LogP contribution is 2.38. The Kier molecular flexibility index (Phi) is 6.41. The quantitative estimate of drug-likeness (QED) is 0.518. The molecule has 0 atom stereocenters. The van der Waals surface area contributed by atoms with Gasteiger partial charge in [0.2, 0.25) is 5.91 Å². The summed E-state index contributed by atoms with van der Waals surface area (Å²) in [5.74, 6) is 0.149. The van der Waals surface area contributed by atoms with Crippen LogP contribution in [0.5, 0.6) is 0 Å². The summed E-state index contributed by atoms with van der Waals surface area (Å²) in [6.45, 7) is 1.37. The zero-order valence-electron chi connectivity index (χ0n) is 19.0. The molecule has 1 amide bonds. The summed E-state index contributed by atoms with van der Waals surface area (Å²) >= 11 is 6.39. The fraction of sp³-hybridized carbons (Fsp3) is 0.259. The van der Waals surface area contributed by atoms with E-state index in [2.05, 4.69) is 22.3 Å².